The van der Waals surface area contributed by atoms with Crippen LogP contribution in [0.5, 0.6) is 0 Å². The predicted octanol–water partition coefficient (Wildman–Crippen LogP) is -8.82. The molecule has 4 nitrogen and oxygen atoms in total. The van der Waals surface area contributed by atoms with Crippen LogP contribution in [0, 0.1) is 0 Å². The molecule has 0 unspecified atom stereocenters. The van der Waals surface area contributed by atoms with Gasteiger partial charge in [-0.2, -0.15) is 7.82 Å². The first-order valence-electron chi connectivity index (χ1n) is 0.730. The Labute approximate surface area is 80.9 Å². The van der Waals surface area contributed by atoms with Crippen molar-refractivity contribution in [1.82, 2.24) is 0 Å². The van der Waals surface area contributed by atoms with E-state index in [2.05, 4.69) is 0 Å². The Bertz CT molecular complexity index is 60.2. The summed E-state index contributed by atoms with van der Waals surface area (Å²) in [5.41, 5.74) is 0. The van der Waals surface area contributed by atoms with Crippen molar-refractivity contribution in [1.29, 1.82) is 0 Å². The molecule has 0 atom stereocenters. The maximum Gasteiger partial charge on any atom is 2.00 e. The van der Waals surface area contributed by atoms with Crippen LogP contribution in [-0.2, 0) is 21.1 Å². The van der Waals surface area contributed by atoms with Crippen molar-refractivity contribution < 1.29 is 73.5 Å². The zero-order valence-electron chi connectivity index (χ0n) is 4.40. The minimum absolute atomic E-state index is 0. The average Bonchev–Trinajstić information content (AvgIpc) is 0.722. The van der Waals surface area contributed by atoms with Crippen molar-refractivity contribution in [2.75, 3.05) is 0 Å². The molecule has 0 saturated heterocycles. The Morgan fingerprint density at radius 3 is 1.00 bits per heavy atom. The van der Waals surface area contributed by atoms with E-state index in [-0.39, 0.29) is 54.2 Å². The number of hydrogen-bond acceptors (Lipinski definition) is 4. The Morgan fingerprint density at radius 1 is 1.00 bits per heavy atom. The standard InChI is InChI=1S/2Li.Ni.H3O4P/c;;;1-5(2,3)4/h;;;(H3,1,2,3,4)/q2*+1;+2;/p-3. The number of hydrogen-bond donors (Lipinski definition) is 0. The SMILES string of the molecule is O=P([O-])([O-])[O-].[Li+].[Li+].[Ni+2]. The average molecular weight is 168 g/mol. The molecule has 0 amide bonds. The van der Waals surface area contributed by atoms with Crippen LogP contribution < -0.4 is 52.4 Å². The van der Waals surface area contributed by atoms with Gasteiger partial charge in [-0.05, 0) is 0 Å². The number of phosphoric acid groups is 1. The van der Waals surface area contributed by atoms with E-state index >= 15 is 0 Å². The molecule has 0 radical (unpaired) electrons. The molecule has 8 heteroatoms. The summed E-state index contributed by atoms with van der Waals surface area (Å²) < 4.78 is 8.55. The molecule has 0 aromatic rings. The summed E-state index contributed by atoms with van der Waals surface area (Å²) in [6.45, 7) is 0. The van der Waals surface area contributed by atoms with E-state index in [1.54, 1.807) is 0 Å². The van der Waals surface area contributed by atoms with Gasteiger partial charge in [0.05, 0.1) is 0 Å². The first kappa shape index (κ1) is 22.6. The third-order valence-corrected chi connectivity index (χ3v) is 0. The second-order valence-electron chi connectivity index (χ2n) is 0.447. The Hall–Kier alpha value is 1.80. The van der Waals surface area contributed by atoms with Crippen LogP contribution in [0.25, 0.3) is 0 Å². The summed E-state index contributed by atoms with van der Waals surface area (Å²) in [5, 5.41) is 0. The van der Waals surface area contributed by atoms with E-state index in [0.29, 0.717) is 0 Å². The third-order valence-electron chi connectivity index (χ3n) is 0. The van der Waals surface area contributed by atoms with Gasteiger partial charge in [0.1, 0.15) is 0 Å². The predicted molar refractivity (Wildman–Crippen MR) is 7.61 cm³/mol. The largest absolute Gasteiger partial charge is 2.00 e. The van der Waals surface area contributed by atoms with Gasteiger partial charge < -0.3 is 19.2 Å². The van der Waals surface area contributed by atoms with Crippen LogP contribution >= 0.6 is 7.82 Å². The molecule has 0 aromatic carbocycles. The van der Waals surface area contributed by atoms with Gasteiger partial charge in [-0.15, -0.1) is 0 Å². The van der Waals surface area contributed by atoms with E-state index in [4.69, 9.17) is 19.2 Å². The van der Waals surface area contributed by atoms with Gasteiger partial charge in [-0.25, -0.2) is 0 Å². The molecule has 0 fully saturated rings. The van der Waals surface area contributed by atoms with Gasteiger partial charge in [-0.3, -0.25) is 0 Å². The smallest absolute Gasteiger partial charge is 0.822 e. The van der Waals surface area contributed by atoms with Gasteiger partial charge in [-0.1, -0.05) is 0 Å². The molecule has 0 saturated carbocycles. The molecule has 0 spiro atoms. The second-order valence-corrected chi connectivity index (χ2v) is 1.34. The molecule has 0 N–H and O–H groups in total. The molecule has 8 heavy (non-hydrogen) atoms. The normalized spacial score (nSPS) is 7.38. The van der Waals surface area contributed by atoms with E-state index in [9.17, 15) is 0 Å². The zero-order chi connectivity index (χ0) is 4.50. The van der Waals surface area contributed by atoms with Crippen LogP contribution in [0.2, 0.25) is 0 Å². The summed E-state index contributed by atoms with van der Waals surface area (Å²) in [6, 6.07) is 0. The molecular weight excluding hydrogens is 168 g/mol. The van der Waals surface area contributed by atoms with Crippen molar-refractivity contribution in [2.45, 2.75) is 0 Å². The summed E-state index contributed by atoms with van der Waals surface area (Å²) in [4.78, 5) is 25.6. The molecule has 0 aliphatic heterocycles. The van der Waals surface area contributed by atoms with Gasteiger partial charge >= 0.3 is 54.2 Å². The summed E-state index contributed by atoms with van der Waals surface area (Å²) in [7, 11) is -5.39. The van der Waals surface area contributed by atoms with Crippen LogP contribution in [-0.4, -0.2) is 0 Å². The Balaban J connectivity index is -0.0000000267. The van der Waals surface area contributed by atoms with E-state index < -0.39 is 7.82 Å². The quantitative estimate of drug-likeness (QED) is 0.265. The topological polar surface area (TPSA) is 86.2 Å². The van der Waals surface area contributed by atoms with Crippen molar-refractivity contribution in [2.24, 2.45) is 0 Å². The van der Waals surface area contributed by atoms with Gasteiger partial charge in [0.15, 0.2) is 0 Å². The first-order chi connectivity index (χ1) is 2.00. The van der Waals surface area contributed by atoms with Crippen LogP contribution in [0.1, 0.15) is 0 Å². The Morgan fingerprint density at radius 2 is 1.00 bits per heavy atom. The van der Waals surface area contributed by atoms with Gasteiger partial charge in [0.2, 0.25) is 0 Å². The molecule has 40 valence electrons. The fourth-order valence-electron chi connectivity index (χ4n) is 0. The van der Waals surface area contributed by atoms with Crippen molar-refractivity contribution in [3.05, 3.63) is 0 Å². The van der Waals surface area contributed by atoms with Crippen LogP contribution in [0.15, 0.2) is 0 Å². The monoisotopic (exact) mass is 167 g/mol. The van der Waals surface area contributed by atoms with Crippen molar-refractivity contribution >= 4 is 7.82 Å². The number of rotatable bonds is 0. The van der Waals surface area contributed by atoms with E-state index in [1.165, 1.54) is 0 Å². The fraction of sp³-hybridized carbons (Fsp3) is 0. The molecule has 0 aromatic heterocycles. The van der Waals surface area contributed by atoms with Crippen LogP contribution in [0.3, 0.4) is 0 Å². The maximum absolute atomic E-state index is 8.55. The molecule has 0 bridgehead atoms. The molecule has 0 aliphatic rings. The zero-order valence-corrected chi connectivity index (χ0v) is 6.28. The summed E-state index contributed by atoms with van der Waals surface area (Å²) in [6.07, 6.45) is 0. The van der Waals surface area contributed by atoms with Gasteiger partial charge in [0.25, 0.3) is 0 Å². The Kier molecular flexibility index (Phi) is 24.8. The molecule has 0 rings (SSSR count). The molecule has 0 aliphatic carbocycles. The van der Waals surface area contributed by atoms with Gasteiger partial charge in [0, 0.05) is 0 Å². The van der Waals surface area contributed by atoms with Crippen LogP contribution in [0.4, 0.5) is 0 Å². The molecule has 0 heterocycles. The fourth-order valence-corrected chi connectivity index (χ4v) is 0. The minimum atomic E-state index is -5.39. The van der Waals surface area contributed by atoms with Crippen molar-refractivity contribution in [3.8, 4) is 0 Å². The summed E-state index contributed by atoms with van der Waals surface area (Å²) >= 11 is 0. The third kappa shape index (κ3) is 111. The maximum atomic E-state index is 8.55. The van der Waals surface area contributed by atoms with E-state index in [1.807, 2.05) is 0 Å². The van der Waals surface area contributed by atoms with Crippen molar-refractivity contribution in [3.63, 3.8) is 0 Å². The van der Waals surface area contributed by atoms with E-state index in [0.717, 1.165) is 0 Å². The first-order valence-corrected chi connectivity index (χ1v) is 2.19. The summed E-state index contributed by atoms with van der Waals surface area (Å²) in [5.74, 6) is 0. The minimum Gasteiger partial charge on any atom is -0.822 e. The molecular formula is Li2NiO4P+. The second kappa shape index (κ2) is 8.80.